The van der Waals surface area contributed by atoms with Crippen LogP contribution in [0.15, 0.2) is 39.9 Å². The maximum Gasteiger partial charge on any atom is 0.329 e. The molecule has 0 saturated heterocycles. The molecule has 108 valence electrons. The minimum absolute atomic E-state index is 0.00750. The Balaban J connectivity index is 2.39. The third-order valence-electron chi connectivity index (χ3n) is 3.18. The molecule has 21 heavy (non-hydrogen) atoms. The van der Waals surface area contributed by atoms with Gasteiger partial charge in [-0.15, -0.1) is 4.73 Å². The fraction of sp³-hybridized carbons (Fsp3) is 0.214. The van der Waals surface area contributed by atoms with Crippen molar-refractivity contribution < 1.29 is 4.73 Å². The van der Waals surface area contributed by atoms with E-state index in [1.165, 1.54) is 15.9 Å². The van der Waals surface area contributed by atoms with E-state index in [0.29, 0.717) is 21.1 Å². The lowest BCUT2D eigenvalue weighted by Crippen LogP contribution is -2.37. The summed E-state index contributed by atoms with van der Waals surface area (Å²) < 4.78 is 2.06. The molecule has 0 radical (unpaired) electrons. The largest absolute Gasteiger partial charge is 0.617 e. The zero-order chi connectivity index (χ0) is 15.0. The smallest absolute Gasteiger partial charge is 0.329 e. The molecule has 3 aromatic rings. The zero-order valence-electron chi connectivity index (χ0n) is 11.3. The van der Waals surface area contributed by atoms with E-state index in [0.717, 1.165) is 12.0 Å². The Hall–Kier alpha value is -2.41. The molecule has 2 heterocycles. The molecule has 0 spiro atoms. The molecule has 0 saturated carbocycles. The van der Waals surface area contributed by atoms with Crippen LogP contribution in [-0.2, 0) is 6.54 Å². The van der Waals surface area contributed by atoms with Crippen LogP contribution in [0.3, 0.4) is 0 Å². The van der Waals surface area contributed by atoms with Crippen molar-refractivity contribution in [2.24, 2.45) is 0 Å². The van der Waals surface area contributed by atoms with Gasteiger partial charge in [0.1, 0.15) is 0 Å². The molecule has 0 bridgehead atoms. The maximum atomic E-state index is 12.4. The first kappa shape index (κ1) is 13.6. The fourth-order valence-corrected chi connectivity index (χ4v) is 3.41. The standard InChI is InChI=1S/C14H13N3O3S/c1-2-8-16-13-10(11(18)15-14(16)19)17(20)12(21-13)9-6-4-3-5-7-9/h3-7H,2,8H2,1H3,(H,15,18,19). The first-order valence-electron chi connectivity index (χ1n) is 6.58. The van der Waals surface area contributed by atoms with Crippen LogP contribution >= 0.6 is 11.3 Å². The van der Waals surface area contributed by atoms with E-state index in [1.54, 1.807) is 12.1 Å². The highest BCUT2D eigenvalue weighted by Gasteiger charge is 2.24. The molecule has 0 aliphatic rings. The number of fused-ring (bicyclic) bond motifs is 1. The highest BCUT2D eigenvalue weighted by molar-refractivity contribution is 7.20. The number of aryl methyl sites for hydroxylation is 1. The first-order valence-corrected chi connectivity index (χ1v) is 7.39. The van der Waals surface area contributed by atoms with Gasteiger partial charge in [-0.2, -0.15) is 0 Å². The zero-order valence-corrected chi connectivity index (χ0v) is 12.1. The van der Waals surface area contributed by atoms with Crippen LogP contribution in [-0.4, -0.2) is 9.55 Å². The minimum Gasteiger partial charge on any atom is -0.617 e. The van der Waals surface area contributed by atoms with Crippen molar-refractivity contribution >= 4 is 21.7 Å². The van der Waals surface area contributed by atoms with Crippen LogP contribution in [0.4, 0.5) is 0 Å². The molecule has 6 nitrogen and oxygen atoms in total. The summed E-state index contributed by atoms with van der Waals surface area (Å²) in [5.74, 6) is 0. The van der Waals surface area contributed by atoms with Crippen molar-refractivity contribution in [3.63, 3.8) is 0 Å². The van der Waals surface area contributed by atoms with Gasteiger partial charge in [0.2, 0.25) is 0 Å². The maximum absolute atomic E-state index is 12.4. The average molecular weight is 303 g/mol. The van der Waals surface area contributed by atoms with Crippen LogP contribution in [0.5, 0.6) is 0 Å². The van der Waals surface area contributed by atoms with E-state index in [4.69, 9.17) is 0 Å². The Bertz CT molecular complexity index is 909. The topological polar surface area (TPSA) is 81.8 Å². The van der Waals surface area contributed by atoms with Gasteiger partial charge in [0.05, 0.1) is 5.56 Å². The summed E-state index contributed by atoms with van der Waals surface area (Å²) in [5, 5.41) is 12.8. The predicted octanol–water partition coefficient (Wildman–Crippen LogP) is 1.46. The molecule has 0 aliphatic carbocycles. The summed E-state index contributed by atoms with van der Waals surface area (Å²) in [6.07, 6.45) is 0.735. The molecule has 7 heteroatoms. The summed E-state index contributed by atoms with van der Waals surface area (Å²) >= 11 is 1.17. The van der Waals surface area contributed by atoms with Gasteiger partial charge >= 0.3 is 16.8 Å². The number of rotatable bonds is 3. The fourth-order valence-electron chi connectivity index (χ4n) is 2.24. The number of aromatic nitrogens is 3. The minimum atomic E-state index is -0.643. The van der Waals surface area contributed by atoms with Crippen LogP contribution < -0.4 is 16.0 Å². The van der Waals surface area contributed by atoms with Crippen molar-refractivity contribution in [2.45, 2.75) is 19.9 Å². The van der Waals surface area contributed by atoms with Crippen molar-refractivity contribution in [1.82, 2.24) is 9.55 Å². The third-order valence-corrected chi connectivity index (χ3v) is 4.38. The molecule has 0 aliphatic heterocycles. The van der Waals surface area contributed by atoms with Gasteiger partial charge in [0, 0.05) is 6.54 Å². The van der Waals surface area contributed by atoms with Crippen molar-refractivity contribution in [1.29, 1.82) is 0 Å². The normalized spacial score (nSPS) is 11.1. The SMILES string of the molecule is CCCn1c(=O)[nH]c(=O)c2c1sc(-c1ccccc1)[n+]2[O-]. The summed E-state index contributed by atoms with van der Waals surface area (Å²) in [4.78, 5) is 26.5. The van der Waals surface area contributed by atoms with E-state index in [1.807, 2.05) is 25.1 Å². The average Bonchev–Trinajstić information content (AvgIpc) is 2.82. The molecular formula is C14H13N3O3S. The van der Waals surface area contributed by atoms with Crippen LogP contribution in [0, 0.1) is 5.21 Å². The molecule has 0 amide bonds. The lowest BCUT2D eigenvalue weighted by Gasteiger charge is -2.01. The molecule has 1 N–H and O–H groups in total. The summed E-state index contributed by atoms with van der Waals surface area (Å²) in [6.45, 7) is 2.39. The third kappa shape index (κ3) is 2.15. The van der Waals surface area contributed by atoms with Gasteiger partial charge in [0.25, 0.3) is 5.01 Å². The first-order chi connectivity index (χ1) is 10.1. The van der Waals surface area contributed by atoms with Crippen LogP contribution in [0.25, 0.3) is 20.9 Å². The van der Waals surface area contributed by atoms with E-state index in [9.17, 15) is 14.8 Å². The number of nitrogens with zero attached hydrogens (tertiary/aromatic N) is 2. The molecule has 1 aromatic carbocycles. The molecule has 0 fully saturated rings. The second-order valence-electron chi connectivity index (χ2n) is 4.63. The van der Waals surface area contributed by atoms with Gasteiger partial charge in [-0.1, -0.05) is 25.1 Å². The van der Waals surface area contributed by atoms with E-state index in [2.05, 4.69) is 4.98 Å². The monoisotopic (exact) mass is 303 g/mol. The number of hydrogen-bond acceptors (Lipinski definition) is 4. The molecule has 3 rings (SSSR count). The molecular weight excluding hydrogens is 290 g/mol. The predicted molar refractivity (Wildman–Crippen MR) is 81.4 cm³/mol. The molecule has 2 aromatic heterocycles. The van der Waals surface area contributed by atoms with E-state index in [-0.39, 0.29) is 5.52 Å². The number of nitrogens with one attached hydrogen (secondary N) is 1. The number of aromatic amines is 1. The highest BCUT2D eigenvalue weighted by atomic mass is 32.1. The van der Waals surface area contributed by atoms with E-state index >= 15 is 0 Å². The van der Waals surface area contributed by atoms with Crippen molar-refractivity contribution in [3.05, 3.63) is 56.4 Å². The van der Waals surface area contributed by atoms with Crippen molar-refractivity contribution in [2.75, 3.05) is 0 Å². The lowest BCUT2D eigenvalue weighted by atomic mass is 10.2. The molecule has 0 unspecified atom stereocenters. The molecule has 0 atom stereocenters. The van der Waals surface area contributed by atoms with Gasteiger partial charge < -0.3 is 5.21 Å². The van der Waals surface area contributed by atoms with Crippen LogP contribution in [0.2, 0.25) is 0 Å². The summed E-state index contributed by atoms with van der Waals surface area (Å²) in [7, 11) is 0. The van der Waals surface area contributed by atoms with Gasteiger partial charge in [-0.25, -0.2) is 4.79 Å². The Labute approximate surface area is 123 Å². The number of H-pyrrole nitrogens is 1. The van der Waals surface area contributed by atoms with E-state index < -0.39 is 11.2 Å². The van der Waals surface area contributed by atoms with Gasteiger partial charge in [-0.05, 0) is 29.9 Å². The number of benzene rings is 1. The quantitative estimate of drug-likeness (QED) is 0.587. The van der Waals surface area contributed by atoms with Crippen LogP contribution in [0.1, 0.15) is 13.3 Å². The Morgan fingerprint density at radius 3 is 2.67 bits per heavy atom. The number of thiazole rings is 1. The summed E-state index contributed by atoms with van der Waals surface area (Å²) in [6, 6.07) is 9.10. The van der Waals surface area contributed by atoms with Crippen molar-refractivity contribution in [3.8, 4) is 10.6 Å². The second kappa shape index (κ2) is 5.17. The van der Waals surface area contributed by atoms with Gasteiger partial charge in [-0.3, -0.25) is 14.3 Å². The highest BCUT2D eigenvalue weighted by Crippen LogP contribution is 2.26. The Kier molecular flexibility index (Phi) is 3.34. The Morgan fingerprint density at radius 1 is 1.29 bits per heavy atom. The number of hydrogen-bond donors (Lipinski definition) is 1. The van der Waals surface area contributed by atoms with Gasteiger partial charge in [0.15, 0.2) is 4.83 Å². The second-order valence-corrected chi connectivity index (χ2v) is 5.61. The Morgan fingerprint density at radius 2 is 2.00 bits per heavy atom. The summed E-state index contributed by atoms with van der Waals surface area (Å²) in [5.41, 5.74) is -0.401. The lowest BCUT2D eigenvalue weighted by molar-refractivity contribution is -0.561.